The highest BCUT2D eigenvalue weighted by molar-refractivity contribution is 7.99. The lowest BCUT2D eigenvalue weighted by Gasteiger charge is -2.13. The molecular weight excluding hydrogens is 412 g/mol. The molecule has 0 aliphatic rings. The Morgan fingerprint density at radius 1 is 1.19 bits per heavy atom. The lowest BCUT2D eigenvalue weighted by molar-refractivity contribution is -0.119. The van der Waals surface area contributed by atoms with Crippen LogP contribution in [0.3, 0.4) is 0 Å². The van der Waals surface area contributed by atoms with Gasteiger partial charge in [0.1, 0.15) is 5.75 Å². The van der Waals surface area contributed by atoms with Gasteiger partial charge in [-0.2, -0.15) is 0 Å². The van der Waals surface area contributed by atoms with E-state index in [0.29, 0.717) is 18.4 Å². The first-order valence-corrected chi connectivity index (χ1v) is 11.2. The van der Waals surface area contributed by atoms with E-state index in [1.807, 2.05) is 67.8 Å². The largest absolute Gasteiger partial charge is 0.494 e. The van der Waals surface area contributed by atoms with Crippen molar-refractivity contribution in [1.82, 2.24) is 20.1 Å². The molecule has 0 spiro atoms. The zero-order valence-electron chi connectivity index (χ0n) is 18.3. The second-order valence-corrected chi connectivity index (χ2v) is 8.09. The van der Waals surface area contributed by atoms with Crippen molar-refractivity contribution in [2.75, 3.05) is 26.1 Å². The molecule has 2 aromatic carbocycles. The molecule has 0 saturated heterocycles. The number of amides is 1. The summed E-state index contributed by atoms with van der Waals surface area (Å²) < 4.78 is 12.6. The van der Waals surface area contributed by atoms with Gasteiger partial charge in [0.05, 0.1) is 19.0 Å². The Bertz CT molecular complexity index is 1000. The molecule has 0 bridgehead atoms. The minimum Gasteiger partial charge on any atom is -0.494 e. The summed E-state index contributed by atoms with van der Waals surface area (Å²) in [5, 5.41) is 12.4. The number of nitrogens with one attached hydrogen (secondary N) is 1. The number of aryl methyl sites for hydroxylation is 1. The Morgan fingerprint density at radius 3 is 2.65 bits per heavy atom. The van der Waals surface area contributed by atoms with Crippen molar-refractivity contribution in [3.8, 4) is 22.8 Å². The van der Waals surface area contributed by atoms with Gasteiger partial charge in [0.2, 0.25) is 5.91 Å². The molecule has 0 saturated carbocycles. The van der Waals surface area contributed by atoms with Crippen LogP contribution < -0.4 is 10.1 Å². The molecule has 1 aromatic heterocycles. The molecule has 31 heavy (non-hydrogen) atoms. The molecular formula is C23H28N4O3S. The van der Waals surface area contributed by atoms with Gasteiger partial charge in [-0.05, 0) is 51.1 Å². The van der Waals surface area contributed by atoms with E-state index in [2.05, 4.69) is 21.6 Å². The van der Waals surface area contributed by atoms with Crippen molar-refractivity contribution in [2.45, 2.75) is 32.0 Å². The van der Waals surface area contributed by atoms with Crippen molar-refractivity contribution >= 4 is 17.7 Å². The van der Waals surface area contributed by atoms with Crippen molar-refractivity contribution in [3.05, 3.63) is 54.1 Å². The first-order valence-electron chi connectivity index (χ1n) is 10.2. The van der Waals surface area contributed by atoms with Crippen molar-refractivity contribution in [2.24, 2.45) is 0 Å². The fourth-order valence-corrected chi connectivity index (χ4v) is 3.93. The number of thioether (sulfide) groups is 1. The first-order chi connectivity index (χ1) is 15.0. The van der Waals surface area contributed by atoms with Gasteiger partial charge in [-0.25, -0.2) is 0 Å². The molecule has 164 valence electrons. The van der Waals surface area contributed by atoms with Crippen LogP contribution >= 0.6 is 11.8 Å². The van der Waals surface area contributed by atoms with Crippen molar-refractivity contribution < 1.29 is 14.3 Å². The van der Waals surface area contributed by atoms with Gasteiger partial charge in [-0.15, -0.1) is 10.2 Å². The number of carbonyl (C=O) groups is 1. The van der Waals surface area contributed by atoms with E-state index in [4.69, 9.17) is 9.47 Å². The van der Waals surface area contributed by atoms with Crippen LogP contribution in [-0.4, -0.2) is 52.8 Å². The van der Waals surface area contributed by atoms with Crippen LogP contribution in [0.2, 0.25) is 0 Å². The molecule has 0 aliphatic heterocycles. The number of nitrogens with zero attached hydrogens (tertiary/aromatic N) is 3. The van der Waals surface area contributed by atoms with Crippen LogP contribution in [0, 0.1) is 6.92 Å². The van der Waals surface area contributed by atoms with E-state index < -0.39 is 0 Å². The third kappa shape index (κ3) is 6.08. The van der Waals surface area contributed by atoms with Gasteiger partial charge in [-0.3, -0.25) is 9.36 Å². The molecule has 0 fully saturated rings. The van der Waals surface area contributed by atoms with Gasteiger partial charge in [-0.1, -0.05) is 35.5 Å². The number of methoxy groups -OCH3 is 1. The Hall–Kier alpha value is -2.84. The monoisotopic (exact) mass is 440 g/mol. The quantitative estimate of drug-likeness (QED) is 0.482. The maximum atomic E-state index is 12.3. The number of hydrogen-bond donors (Lipinski definition) is 1. The van der Waals surface area contributed by atoms with E-state index in [0.717, 1.165) is 28.4 Å². The highest BCUT2D eigenvalue weighted by Gasteiger charge is 2.18. The lowest BCUT2D eigenvalue weighted by atomic mass is 10.1. The van der Waals surface area contributed by atoms with Gasteiger partial charge >= 0.3 is 0 Å². The lowest BCUT2D eigenvalue weighted by Crippen LogP contribution is -2.36. The first kappa shape index (κ1) is 22.8. The van der Waals surface area contributed by atoms with Gasteiger partial charge < -0.3 is 14.8 Å². The highest BCUT2D eigenvalue weighted by atomic mass is 32.2. The average molecular weight is 441 g/mol. The number of aromatic nitrogens is 3. The molecule has 3 rings (SSSR count). The summed E-state index contributed by atoms with van der Waals surface area (Å²) in [7, 11) is 1.61. The Morgan fingerprint density at radius 2 is 1.97 bits per heavy atom. The third-order valence-electron chi connectivity index (χ3n) is 4.47. The Balaban J connectivity index is 1.89. The molecule has 0 aliphatic carbocycles. The SMILES string of the molecule is CCOc1ccc(-n2c(SCC(=O)NC(C)COC)nnc2-c2cccc(C)c2)cc1. The molecule has 1 heterocycles. The van der Waals surface area contributed by atoms with Gasteiger partial charge in [0.25, 0.3) is 0 Å². The van der Waals surface area contributed by atoms with E-state index >= 15 is 0 Å². The standard InChI is InChI=1S/C23H28N4O3S/c1-5-30-20-11-9-19(10-12-20)27-22(18-8-6-7-16(2)13-18)25-26-23(27)31-15-21(28)24-17(3)14-29-4/h6-13,17H,5,14-15H2,1-4H3,(H,24,28). The Kier molecular flexibility index (Phi) is 8.08. The number of benzene rings is 2. The zero-order chi connectivity index (χ0) is 22.2. The fraction of sp³-hybridized carbons (Fsp3) is 0.348. The predicted molar refractivity (Wildman–Crippen MR) is 123 cm³/mol. The minimum atomic E-state index is -0.0760. The highest BCUT2D eigenvalue weighted by Crippen LogP contribution is 2.29. The zero-order valence-corrected chi connectivity index (χ0v) is 19.1. The molecule has 1 amide bonds. The number of rotatable bonds is 10. The van der Waals surface area contributed by atoms with Crippen LogP contribution in [0.1, 0.15) is 19.4 Å². The average Bonchev–Trinajstić information content (AvgIpc) is 3.17. The number of hydrogen-bond acceptors (Lipinski definition) is 6. The third-order valence-corrected chi connectivity index (χ3v) is 5.40. The smallest absolute Gasteiger partial charge is 0.230 e. The summed E-state index contributed by atoms with van der Waals surface area (Å²) in [4.78, 5) is 12.3. The van der Waals surface area contributed by atoms with Gasteiger partial charge in [0, 0.05) is 24.4 Å². The summed E-state index contributed by atoms with van der Waals surface area (Å²) in [5.74, 6) is 1.69. The second kappa shape index (κ2) is 11.0. The maximum Gasteiger partial charge on any atom is 0.230 e. The van der Waals surface area contributed by atoms with Crippen LogP contribution in [0.5, 0.6) is 5.75 Å². The topological polar surface area (TPSA) is 78.3 Å². The molecule has 7 nitrogen and oxygen atoms in total. The molecule has 0 radical (unpaired) electrons. The molecule has 3 aromatic rings. The maximum absolute atomic E-state index is 12.3. The van der Waals surface area contributed by atoms with Gasteiger partial charge in [0.15, 0.2) is 11.0 Å². The van der Waals surface area contributed by atoms with E-state index in [9.17, 15) is 4.79 Å². The van der Waals surface area contributed by atoms with Crippen molar-refractivity contribution in [3.63, 3.8) is 0 Å². The number of carbonyl (C=O) groups excluding carboxylic acids is 1. The summed E-state index contributed by atoms with van der Waals surface area (Å²) >= 11 is 1.35. The van der Waals surface area contributed by atoms with Crippen LogP contribution in [0.15, 0.2) is 53.7 Å². The molecule has 8 heteroatoms. The number of ether oxygens (including phenoxy) is 2. The summed E-state index contributed by atoms with van der Waals surface area (Å²) in [6, 6.07) is 15.9. The second-order valence-electron chi connectivity index (χ2n) is 7.15. The van der Waals surface area contributed by atoms with Crippen LogP contribution in [0.25, 0.3) is 17.1 Å². The van der Waals surface area contributed by atoms with Crippen LogP contribution in [0.4, 0.5) is 0 Å². The van der Waals surface area contributed by atoms with E-state index in [1.165, 1.54) is 11.8 Å². The normalized spacial score (nSPS) is 11.9. The predicted octanol–water partition coefficient (Wildman–Crippen LogP) is 3.88. The molecule has 1 atom stereocenters. The Labute approximate surface area is 187 Å². The molecule has 1 N–H and O–H groups in total. The summed E-state index contributed by atoms with van der Waals surface area (Å²) in [6.07, 6.45) is 0. The fourth-order valence-electron chi connectivity index (χ4n) is 3.16. The van der Waals surface area contributed by atoms with Crippen LogP contribution in [-0.2, 0) is 9.53 Å². The summed E-state index contributed by atoms with van der Waals surface area (Å²) in [5.41, 5.74) is 3.01. The van der Waals surface area contributed by atoms with Crippen molar-refractivity contribution in [1.29, 1.82) is 0 Å². The molecule has 1 unspecified atom stereocenters. The summed E-state index contributed by atoms with van der Waals surface area (Å²) in [6.45, 7) is 6.98. The van der Waals surface area contributed by atoms with E-state index in [-0.39, 0.29) is 17.7 Å². The van der Waals surface area contributed by atoms with E-state index in [1.54, 1.807) is 7.11 Å². The minimum absolute atomic E-state index is 0.0510.